The smallest absolute Gasteiger partial charge is 0.0624 e. The van der Waals surface area contributed by atoms with Crippen LogP contribution >= 0.6 is 11.6 Å². The van der Waals surface area contributed by atoms with Crippen molar-refractivity contribution in [2.75, 3.05) is 0 Å². The van der Waals surface area contributed by atoms with E-state index in [9.17, 15) is 0 Å². The zero-order chi connectivity index (χ0) is 14.7. The second kappa shape index (κ2) is 6.39. The molecular formula is C15H21ClN4. The quantitative estimate of drug-likeness (QED) is 0.658. The monoisotopic (exact) mass is 292 g/mol. The molecule has 0 aliphatic carbocycles. The summed E-state index contributed by atoms with van der Waals surface area (Å²) in [6, 6.07) is 8.18. The Morgan fingerprint density at radius 1 is 1.40 bits per heavy atom. The second-order valence-electron chi connectivity index (χ2n) is 5.04. The van der Waals surface area contributed by atoms with E-state index in [4.69, 9.17) is 17.4 Å². The Hall–Kier alpha value is -1.36. The molecule has 0 aliphatic heterocycles. The summed E-state index contributed by atoms with van der Waals surface area (Å²) in [7, 11) is 1.97. The van der Waals surface area contributed by atoms with Gasteiger partial charge >= 0.3 is 0 Å². The van der Waals surface area contributed by atoms with Gasteiger partial charge < -0.3 is 0 Å². The molecule has 1 unspecified atom stereocenters. The molecule has 1 aromatic heterocycles. The van der Waals surface area contributed by atoms with E-state index in [-0.39, 0.29) is 6.04 Å². The average molecular weight is 293 g/mol. The van der Waals surface area contributed by atoms with Crippen molar-refractivity contribution >= 4 is 11.6 Å². The van der Waals surface area contributed by atoms with Gasteiger partial charge in [0.15, 0.2) is 0 Å². The summed E-state index contributed by atoms with van der Waals surface area (Å²) in [5.74, 6) is 5.72. The van der Waals surface area contributed by atoms with Crippen LogP contribution in [0.15, 0.2) is 24.3 Å². The Kier molecular flexibility index (Phi) is 4.81. The summed E-state index contributed by atoms with van der Waals surface area (Å²) < 4.78 is 1.92. The molecule has 1 aromatic carbocycles. The molecule has 20 heavy (non-hydrogen) atoms. The van der Waals surface area contributed by atoms with Crippen LogP contribution < -0.4 is 11.3 Å². The maximum absolute atomic E-state index is 6.07. The Balaban J connectivity index is 2.23. The molecule has 0 bridgehead atoms. The molecule has 1 atom stereocenters. The molecule has 0 amide bonds. The maximum Gasteiger partial charge on any atom is 0.0624 e. The largest absolute Gasteiger partial charge is 0.272 e. The zero-order valence-corrected chi connectivity index (χ0v) is 12.9. The van der Waals surface area contributed by atoms with Gasteiger partial charge in [0.25, 0.3) is 0 Å². The number of nitrogens with one attached hydrogen (secondary N) is 1. The molecule has 0 saturated heterocycles. The SMILES string of the molecule is CCc1cc(CC(NN)c2ccc(Cl)c(C)c2)n(C)n1. The maximum atomic E-state index is 6.07. The molecule has 108 valence electrons. The van der Waals surface area contributed by atoms with Crippen molar-refractivity contribution in [3.05, 3.63) is 51.8 Å². The van der Waals surface area contributed by atoms with Gasteiger partial charge in [0.05, 0.1) is 11.7 Å². The normalized spacial score (nSPS) is 12.7. The van der Waals surface area contributed by atoms with Crippen LogP contribution in [-0.4, -0.2) is 9.78 Å². The minimum absolute atomic E-state index is 0.0473. The number of nitrogens with two attached hydrogens (primary N) is 1. The lowest BCUT2D eigenvalue weighted by molar-refractivity contribution is 0.529. The van der Waals surface area contributed by atoms with E-state index in [1.807, 2.05) is 30.8 Å². The Labute approximate surface area is 124 Å². The van der Waals surface area contributed by atoms with Crippen molar-refractivity contribution in [1.29, 1.82) is 0 Å². The van der Waals surface area contributed by atoms with E-state index in [1.165, 1.54) is 0 Å². The number of aromatic nitrogens is 2. The fourth-order valence-corrected chi connectivity index (χ4v) is 2.42. The third kappa shape index (κ3) is 3.20. The molecule has 0 radical (unpaired) electrons. The lowest BCUT2D eigenvalue weighted by Crippen LogP contribution is -2.30. The van der Waals surface area contributed by atoms with Gasteiger partial charge in [0.2, 0.25) is 0 Å². The van der Waals surface area contributed by atoms with Crippen LogP contribution in [0.1, 0.15) is 35.5 Å². The number of hydrogen-bond acceptors (Lipinski definition) is 3. The van der Waals surface area contributed by atoms with Crippen LogP contribution in [0.5, 0.6) is 0 Å². The molecule has 3 N–H and O–H groups in total. The predicted octanol–water partition coefficient (Wildman–Crippen LogP) is 2.69. The third-order valence-electron chi connectivity index (χ3n) is 3.59. The van der Waals surface area contributed by atoms with E-state index in [0.29, 0.717) is 0 Å². The highest BCUT2D eigenvalue weighted by atomic mass is 35.5. The van der Waals surface area contributed by atoms with Gasteiger partial charge in [-0.2, -0.15) is 5.10 Å². The number of hydrazine groups is 1. The van der Waals surface area contributed by atoms with Crippen molar-refractivity contribution in [3.8, 4) is 0 Å². The van der Waals surface area contributed by atoms with Gasteiger partial charge in [0.1, 0.15) is 0 Å². The molecule has 4 nitrogen and oxygen atoms in total. The van der Waals surface area contributed by atoms with Crippen molar-refractivity contribution in [1.82, 2.24) is 15.2 Å². The summed E-state index contributed by atoms with van der Waals surface area (Å²) in [5.41, 5.74) is 7.34. The molecule has 2 aromatic rings. The number of nitrogens with zero attached hydrogens (tertiary/aromatic N) is 2. The van der Waals surface area contributed by atoms with Crippen LogP contribution in [0.4, 0.5) is 0 Å². The van der Waals surface area contributed by atoms with E-state index >= 15 is 0 Å². The highest BCUT2D eigenvalue weighted by Gasteiger charge is 2.14. The van der Waals surface area contributed by atoms with Crippen molar-refractivity contribution < 1.29 is 0 Å². The molecule has 1 heterocycles. The summed E-state index contributed by atoms with van der Waals surface area (Å²) in [4.78, 5) is 0. The number of hydrogen-bond donors (Lipinski definition) is 2. The van der Waals surface area contributed by atoms with Crippen LogP contribution in [0.25, 0.3) is 0 Å². The van der Waals surface area contributed by atoms with Crippen LogP contribution in [0.3, 0.4) is 0 Å². The Bertz CT molecular complexity index is 592. The highest BCUT2D eigenvalue weighted by molar-refractivity contribution is 6.31. The van der Waals surface area contributed by atoms with Gasteiger partial charge in [-0.1, -0.05) is 30.7 Å². The molecule has 0 aliphatic rings. The first-order chi connectivity index (χ1) is 9.55. The summed E-state index contributed by atoms with van der Waals surface area (Å²) >= 11 is 6.07. The van der Waals surface area contributed by atoms with Crippen LogP contribution in [-0.2, 0) is 19.9 Å². The molecule has 0 spiro atoms. The topological polar surface area (TPSA) is 55.9 Å². The second-order valence-corrected chi connectivity index (χ2v) is 5.44. The first kappa shape index (κ1) is 15.0. The van der Waals surface area contributed by atoms with Gasteiger partial charge in [-0.3, -0.25) is 16.0 Å². The van der Waals surface area contributed by atoms with Gasteiger partial charge in [-0.25, -0.2) is 0 Å². The van der Waals surface area contributed by atoms with Gasteiger partial charge in [-0.15, -0.1) is 0 Å². The van der Waals surface area contributed by atoms with E-state index in [2.05, 4.69) is 29.6 Å². The lowest BCUT2D eigenvalue weighted by atomic mass is 10.0. The van der Waals surface area contributed by atoms with Crippen molar-refractivity contribution in [2.24, 2.45) is 12.9 Å². The Morgan fingerprint density at radius 3 is 2.70 bits per heavy atom. The van der Waals surface area contributed by atoms with Crippen LogP contribution in [0.2, 0.25) is 5.02 Å². The minimum atomic E-state index is 0.0473. The fraction of sp³-hybridized carbons (Fsp3) is 0.400. The standard InChI is InChI=1S/C15H21ClN4/c1-4-12-8-13(20(3)19-12)9-15(18-17)11-5-6-14(16)10(2)7-11/h5-8,15,18H,4,9,17H2,1-3H3. The summed E-state index contributed by atoms with van der Waals surface area (Å²) in [5, 5.41) is 5.25. The highest BCUT2D eigenvalue weighted by Crippen LogP contribution is 2.23. The third-order valence-corrected chi connectivity index (χ3v) is 4.01. The summed E-state index contributed by atoms with van der Waals surface area (Å²) in [6.07, 6.45) is 1.73. The minimum Gasteiger partial charge on any atom is -0.272 e. The van der Waals surface area contributed by atoms with Gasteiger partial charge in [0, 0.05) is 24.2 Å². The first-order valence-electron chi connectivity index (χ1n) is 6.79. The Morgan fingerprint density at radius 2 is 2.15 bits per heavy atom. The number of halogens is 1. The van der Waals surface area contributed by atoms with Crippen molar-refractivity contribution in [2.45, 2.75) is 32.7 Å². The van der Waals surface area contributed by atoms with E-state index in [1.54, 1.807) is 0 Å². The number of rotatable bonds is 5. The fourth-order valence-electron chi connectivity index (χ4n) is 2.30. The lowest BCUT2D eigenvalue weighted by Gasteiger charge is -2.17. The molecular weight excluding hydrogens is 272 g/mol. The summed E-state index contributed by atoms with van der Waals surface area (Å²) in [6.45, 7) is 4.10. The van der Waals surface area contributed by atoms with Crippen LogP contribution in [0, 0.1) is 6.92 Å². The zero-order valence-electron chi connectivity index (χ0n) is 12.2. The first-order valence-corrected chi connectivity index (χ1v) is 7.17. The average Bonchev–Trinajstić information content (AvgIpc) is 2.80. The molecule has 0 saturated carbocycles. The van der Waals surface area contributed by atoms with Gasteiger partial charge in [-0.05, 0) is 36.6 Å². The predicted molar refractivity (Wildman–Crippen MR) is 82.5 cm³/mol. The molecule has 0 fully saturated rings. The van der Waals surface area contributed by atoms with E-state index < -0.39 is 0 Å². The number of aryl methyl sites for hydroxylation is 3. The number of benzene rings is 1. The molecule has 2 rings (SSSR count). The van der Waals surface area contributed by atoms with Crippen molar-refractivity contribution in [3.63, 3.8) is 0 Å². The molecule has 5 heteroatoms. The van der Waals surface area contributed by atoms with E-state index in [0.717, 1.165) is 40.4 Å².